The average molecular weight is 224 g/mol. The lowest BCUT2D eigenvalue weighted by atomic mass is 10.1. The number of piperidine rings is 1. The first-order valence-electron chi connectivity index (χ1n) is 3.67. The summed E-state index contributed by atoms with van der Waals surface area (Å²) in [5, 5.41) is 8.78. The van der Waals surface area contributed by atoms with Crippen molar-refractivity contribution in [1.82, 2.24) is 5.06 Å². The maximum atomic E-state index is 10.5. The average Bonchev–Trinajstić information content (AvgIpc) is 1.97. The molecule has 0 atom stereocenters. The van der Waals surface area contributed by atoms with Crippen LogP contribution in [0.3, 0.4) is 0 Å². The summed E-state index contributed by atoms with van der Waals surface area (Å²) >= 11 is 0. The van der Waals surface area contributed by atoms with Gasteiger partial charge in [0.15, 0.2) is 0 Å². The molecule has 0 spiro atoms. The molecule has 0 aromatic rings. The molecule has 0 bridgehead atoms. The lowest BCUT2D eigenvalue weighted by Gasteiger charge is -2.16. The van der Waals surface area contributed by atoms with E-state index in [-0.39, 0.29) is 17.9 Å². The number of amides is 2. The summed E-state index contributed by atoms with van der Waals surface area (Å²) in [6.45, 7) is 0. The van der Waals surface area contributed by atoms with Crippen molar-refractivity contribution in [2.45, 2.75) is 19.3 Å². The van der Waals surface area contributed by atoms with E-state index in [1.807, 2.05) is 0 Å². The number of rotatable bonds is 0. The van der Waals surface area contributed by atoms with Gasteiger partial charge in [-0.2, -0.15) is 5.06 Å². The SMILES string of the molecule is CS(=O)(=O)[O-].O=C1CCCC(=O)N1O. The fourth-order valence-corrected chi connectivity index (χ4v) is 0.742. The van der Waals surface area contributed by atoms with Crippen molar-refractivity contribution in [1.29, 1.82) is 0 Å². The third-order valence-electron chi connectivity index (χ3n) is 1.25. The van der Waals surface area contributed by atoms with Crippen molar-refractivity contribution in [2.75, 3.05) is 6.26 Å². The lowest BCUT2D eigenvalue weighted by Crippen LogP contribution is -2.36. The highest BCUT2D eigenvalue weighted by molar-refractivity contribution is 7.84. The van der Waals surface area contributed by atoms with Crippen LogP contribution in [0.15, 0.2) is 0 Å². The minimum atomic E-state index is -3.92. The van der Waals surface area contributed by atoms with Crippen LogP contribution in [-0.2, 0) is 19.7 Å². The van der Waals surface area contributed by atoms with Gasteiger partial charge < -0.3 is 4.55 Å². The maximum absolute atomic E-state index is 10.5. The Morgan fingerprint density at radius 3 is 1.79 bits per heavy atom. The van der Waals surface area contributed by atoms with E-state index in [9.17, 15) is 9.59 Å². The second-order valence-corrected chi connectivity index (χ2v) is 4.07. The number of carbonyl (C=O) groups excluding carboxylic acids is 2. The van der Waals surface area contributed by atoms with Gasteiger partial charge in [-0.3, -0.25) is 14.8 Å². The van der Waals surface area contributed by atoms with Crippen LogP contribution in [0.2, 0.25) is 0 Å². The molecular weight excluding hydrogens is 214 g/mol. The van der Waals surface area contributed by atoms with Crippen molar-refractivity contribution in [2.24, 2.45) is 0 Å². The minimum absolute atomic E-state index is 0.198. The van der Waals surface area contributed by atoms with E-state index in [1.165, 1.54) is 0 Å². The molecule has 1 aliphatic rings. The Labute approximate surface area is 81.0 Å². The Morgan fingerprint density at radius 1 is 1.29 bits per heavy atom. The number of carbonyl (C=O) groups is 2. The maximum Gasteiger partial charge on any atom is 0.253 e. The van der Waals surface area contributed by atoms with E-state index >= 15 is 0 Å². The summed E-state index contributed by atoms with van der Waals surface area (Å²) in [6.07, 6.45) is 1.73. The summed E-state index contributed by atoms with van der Waals surface area (Å²) in [4.78, 5) is 20.9. The van der Waals surface area contributed by atoms with E-state index in [0.29, 0.717) is 12.7 Å². The molecule has 1 aliphatic heterocycles. The third kappa shape index (κ3) is 6.52. The van der Waals surface area contributed by atoms with Crippen LogP contribution < -0.4 is 0 Å². The molecule has 1 rings (SSSR count). The fourth-order valence-electron chi connectivity index (χ4n) is 0.742. The van der Waals surface area contributed by atoms with Crippen LogP contribution in [0.4, 0.5) is 0 Å². The van der Waals surface area contributed by atoms with E-state index in [0.717, 1.165) is 0 Å². The van der Waals surface area contributed by atoms with Crippen molar-refractivity contribution in [3.05, 3.63) is 0 Å². The van der Waals surface area contributed by atoms with Crippen molar-refractivity contribution in [3.63, 3.8) is 0 Å². The first kappa shape index (κ1) is 13.0. The number of hydrogen-bond donors (Lipinski definition) is 1. The molecule has 0 saturated carbocycles. The first-order chi connectivity index (χ1) is 6.22. The molecule has 0 aliphatic carbocycles. The molecule has 8 heteroatoms. The molecule has 14 heavy (non-hydrogen) atoms. The van der Waals surface area contributed by atoms with Crippen molar-refractivity contribution in [3.8, 4) is 0 Å². The topological polar surface area (TPSA) is 115 Å². The molecule has 0 radical (unpaired) electrons. The van der Waals surface area contributed by atoms with Crippen LogP contribution >= 0.6 is 0 Å². The highest BCUT2D eigenvalue weighted by Crippen LogP contribution is 2.08. The molecule has 0 unspecified atom stereocenters. The largest absolute Gasteiger partial charge is 0.748 e. The van der Waals surface area contributed by atoms with Crippen LogP contribution in [-0.4, -0.2) is 41.3 Å². The predicted molar refractivity (Wildman–Crippen MR) is 43.1 cm³/mol. The number of hydrogen-bond acceptors (Lipinski definition) is 6. The summed E-state index contributed by atoms with van der Waals surface area (Å²) in [5.41, 5.74) is 0. The molecule has 1 fully saturated rings. The molecule has 1 saturated heterocycles. The zero-order chi connectivity index (χ0) is 11.4. The predicted octanol–water partition coefficient (Wildman–Crippen LogP) is -0.924. The third-order valence-corrected chi connectivity index (χ3v) is 1.25. The first-order valence-corrected chi connectivity index (χ1v) is 5.49. The normalized spacial score (nSPS) is 17.5. The van der Waals surface area contributed by atoms with Gasteiger partial charge in [-0.1, -0.05) is 0 Å². The Morgan fingerprint density at radius 2 is 1.57 bits per heavy atom. The van der Waals surface area contributed by atoms with E-state index < -0.39 is 21.9 Å². The van der Waals surface area contributed by atoms with Crippen molar-refractivity contribution < 1.29 is 27.8 Å². The Balaban J connectivity index is 0.000000292. The summed E-state index contributed by atoms with van der Waals surface area (Å²) in [5.74, 6) is -0.988. The van der Waals surface area contributed by atoms with E-state index in [4.69, 9.17) is 18.2 Å². The molecular formula is C6H10NO6S-. The van der Waals surface area contributed by atoms with E-state index in [2.05, 4.69) is 0 Å². The number of imide groups is 1. The molecule has 0 aromatic carbocycles. The molecule has 7 nitrogen and oxygen atoms in total. The van der Waals surface area contributed by atoms with Gasteiger partial charge >= 0.3 is 0 Å². The van der Waals surface area contributed by atoms with Crippen molar-refractivity contribution >= 4 is 21.9 Å². The van der Waals surface area contributed by atoms with Gasteiger partial charge in [-0.15, -0.1) is 0 Å². The second kappa shape index (κ2) is 5.03. The summed E-state index contributed by atoms with van der Waals surface area (Å²) in [6, 6.07) is 0. The van der Waals surface area contributed by atoms with Crippen LogP contribution in [0.25, 0.3) is 0 Å². The Hall–Kier alpha value is -0.990. The number of hydroxylamine groups is 2. The van der Waals surface area contributed by atoms with Gasteiger partial charge in [0.25, 0.3) is 11.8 Å². The van der Waals surface area contributed by atoms with Crippen LogP contribution in [0.5, 0.6) is 0 Å². The van der Waals surface area contributed by atoms with Gasteiger partial charge in [0.05, 0.1) is 10.1 Å². The second-order valence-electron chi connectivity index (χ2n) is 2.66. The number of nitrogens with zero attached hydrogens (tertiary/aromatic N) is 1. The van der Waals surface area contributed by atoms with Gasteiger partial charge in [0.1, 0.15) is 0 Å². The van der Waals surface area contributed by atoms with Crippen LogP contribution in [0.1, 0.15) is 19.3 Å². The zero-order valence-electron chi connectivity index (χ0n) is 7.47. The monoisotopic (exact) mass is 224 g/mol. The molecule has 1 heterocycles. The Kier molecular flexibility index (Phi) is 4.68. The highest BCUT2D eigenvalue weighted by Gasteiger charge is 2.23. The van der Waals surface area contributed by atoms with Gasteiger partial charge in [-0.05, 0) is 6.42 Å². The van der Waals surface area contributed by atoms with Crippen LogP contribution in [0, 0.1) is 0 Å². The standard InChI is InChI=1S/C5H7NO3.CH4O3S/c7-4-2-1-3-5(8)6(4)9;1-5(2,3)4/h9H,1-3H2;1H3,(H,2,3,4)/p-1. The quantitative estimate of drug-likeness (QED) is 0.323. The zero-order valence-corrected chi connectivity index (χ0v) is 8.28. The van der Waals surface area contributed by atoms with E-state index in [1.54, 1.807) is 0 Å². The molecule has 2 amide bonds. The molecule has 82 valence electrons. The fraction of sp³-hybridized carbons (Fsp3) is 0.667. The van der Waals surface area contributed by atoms with Gasteiger partial charge in [-0.25, -0.2) is 8.42 Å². The molecule has 1 N–H and O–H groups in total. The van der Waals surface area contributed by atoms with Gasteiger partial charge in [0, 0.05) is 19.1 Å². The molecule has 0 aromatic heterocycles. The minimum Gasteiger partial charge on any atom is -0.748 e. The summed E-state index contributed by atoms with van der Waals surface area (Å²) in [7, 11) is -3.92. The smallest absolute Gasteiger partial charge is 0.253 e. The van der Waals surface area contributed by atoms with Gasteiger partial charge in [0.2, 0.25) is 0 Å². The highest BCUT2D eigenvalue weighted by atomic mass is 32.2. The lowest BCUT2D eigenvalue weighted by molar-refractivity contribution is -0.182. The Bertz CT molecular complexity index is 297. The summed E-state index contributed by atoms with van der Waals surface area (Å²) < 4.78 is 27.2.